The summed E-state index contributed by atoms with van der Waals surface area (Å²) < 4.78 is 19.7. The average Bonchev–Trinajstić information content (AvgIpc) is 2.73. The summed E-state index contributed by atoms with van der Waals surface area (Å²) in [6, 6.07) is 4.08. The summed E-state index contributed by atoms with van der Waals surface area (Å²) in [4.78, 5) is 2.76. The van der Waals surface area contributed by atoms with E-state index < -0.39 is 0 Å². The molecular weight excluding hydrogens is 237 g/mol. The molecule has 2 aromatic rings. The van der Waals surface area contributed by atoms with Crippen molar-refractivity contribution < 1.29 is 9.13 Å². The molecule has 0 amide bonds. The fraction of sp³-hybridized carbons (Fsp3) is 0.364. The van der Waals surface area contributed by atoms with Crippen LogP contribution in [-0.4, -0.2) is 29.5 Å². The SMILES string of the molecule is COCC(Cn1ncc2ccc(F)cc21)N=[N+]=[N-]. The summed E-state index contributed by atoms with van der Waals surface area (Å²) >= 11 is 0. The summed E-state index contributed by atoms with van der Waals surface area (Å²) in [6.45, 7) is 0.644. The number of fused-ring (bicyclic) bond motifs is 1. The zero-order valence-electron chi connectivity index (χ0n) is 9.82. The third-order valence-corrected chi connectivity index (χ3v) is 2.56. The highest BCUT2D eigenvalue weighted by atomic mass is 19.1. The first-order valence-corrected chi connectivity index (χ1v) is 5.39. The van der Waals surface area contributed by atoms with Gasteiger partial charge in [0.05, 0.1) is 30.9 Å². The maximum absolute atomic E-state index is 13.2. The highest BCUT2D eigenvalue weighted by molar-refractivity contribution is 5.78. The third kappa shape index (κ3) is 2.58. The molecule has 0 N–H and O–H groups in total. The van der Waals surface area contributed by atoms with Crippen LogP contribution in [0.1, 0.15) is 0 Å². The van der Waals surface area contributed by atoms with Gasteiger partial charge in [-0.2, -0.15) is 5.10 Å². The standard InChI is InChI=1S/C11H12FN5O/c1-18-7-10(15-16-13)6-17-11-4-9(12)3-2-8(11)5-14-17/h2-5,10H,6-7H2,1H3. The van der Waals surface area contributed by atoms with Crippen LogP contribution in [-0.2, 0) is 11.3 Å². The van der Waals surface area contributed by atoms with Gasteiger partial charge in [-0.05, 0) is 23.7 Å². The van der Waals surface area contributed by atoms with Gasteiger partial charge in [-0.25, -0.2) is 4.39 Å². The van der Waals surface area contributed by atoms with E-state index in [1.807, 2.05) is 0 Å². The molecule has 0 spiro atoms. The lowest BCUT2D eigenvalue weighted by atomic mass is 10.2. The molecule has 0 aliphatic carbocycles. The molecule has 1 atom stereocenters. The Kier molecular flexibility index (Phi) is 3.76. The molecule has 1 aromatic carbocycles. The Labute approximate surface area is 103 Å². The van der Waals surface area contributed by atoms with E-state index in [0.717, 1.165) is 5.39 Å². The molecule has 0 fully saturated rings. The van der Waals surface area contributed by atoms with Crippen LogP contribution < -0.4 is 0 Å². The number of benzene rings is 1. The zero-order chi connectivity index (χ0) is 13.0. The molecule has 0 radical (unpaired) electrons. The van der Waals surface area contributed by atoms with Gasteiger partial charge in [-0.3, -0.25) is 4.68 Å². The molecule has 0 aliphatic rings. The van der Waals surface area contributed by atoms with E-state index in [2.05, 4.69) is 15.1 Å². The number of halogens is 1. The van der Waals surface area contributed by atoms with Crippen LogP contribution in [0.25, 0.3) is 21.3 Å². The van der Waals surface area contributed by atoms with Crippen LogP contribution in [0, 0.1) is 5.82 Å². The second kappa shape index (κ2) is 5.48. The Hall–Kier alpha value is -2.11. The molecule has 94 valence electrons. The predicted octanol–water partition coefficient (Wildman–Crippen LogP) is 2.50. The average molecular weight is 249 g/mol. The Morgan fingerprint density at radius 1 is 1.61 bits per heavy atom. The first-order valence-electron chi connectivity index (χ1n) is 5.39. The maximum atomic E-state index is 13.2. The first-order chi connectivity index (χ1) is 8.74. The highest BCUT2D eigenvalue weighted by Crippen LogP contribution is 2.15. The molecule has 7 heteroatoms. The minimum atomic E-state index is -0.369. The Bertz CT molecular complexity index is 590. The van der Waals surface area contributed by atoms with E-state index >= 15 is 0 Å². The van der Waals surface area contributed by atoms with E-state index in [1.165, 1.54) is 19.2 Å². The van der Waals surface area contributed by atoms with Gasteiger partial charge in [-0.15, -0.1) is 0 Å². The first kappa shape index (κ1) is 12.3. The van der Waals surface area contributed by atoms with Gasteiger partial charge in [0, 0.05) is 17.4 Å². The van der Waals surface area contributed by atoms with Crippen molar-refractivity contribution in [3.8, 4) is 0 Å². The summed E-state index contributed by atoms with van der Waals surface area (Å²) in [6.07, 6.45) is 1.65. The maximum Gasteiger partial charge on any atom is 0.125 e. The van der Waals surface area contributed by atoms with Gasteiger partial charge in [0.1, 0.15) is 5.82 Å². The molecule has 0 aliphatic heterocycles. The molecule has 0 saturated carbocycles. The minimum Gasteiger partial charge on any atom is -0.384 e. The van der Waals surface area contributed by atoms with Crippen molar-refractivity contribution in [3.63, 3.8) is 0 Å². The van der Waals surface area contributed by atoms with Crippen molar-refractivity contribution in [3.05, 3.63) is 40.7 Å². The Balaban J connectivity index is 2.30. The number of methoxy groups -OCH3 is 1. The quantitative estimate of drug-likeness (QED) is 0.463. The number of rotatable bonds is 5. The fourth-order valence-electron chi connectivity index (χ4n) is 1.78. The van der Waals surface area contributed by atoms with Crippen LogP contribution in [0.2, 0.25) is 0 Å². The lowest BCUT2D eigenvalue weighted by Crippen LogP contribution is -2.19. The summed E-state index contributed by atoms with van der Waals surface area (Å²) in [7, 11) is 1.53. The predicted molar refractivity (Wildman–Crippen MR) is 64.5 cm³/mol. The Morgan fingerprint density at radius 2 is 2.44 bits per heavy atom. The van der Waals surface area contributed by atoms with Gasteiger partial charge in [-0.1, -0.05) is 5.11 Å². The van der Waals surface area contributed by atoms with Crippen molar-refractivity contribution >= 4 is 10.9 Å². The van der Waals surface area contributed by atoms with E-state index in [9.17, 15) is 4.39 Å². The molecule has 0 bridgehead atoms. The lowest BCUT2D eigenvalue weighted by Gasteiger charge is -2.10. The monoisotopic (exact) mass is 249 g/mol. The smallest absolute Gasteiger partial charge is 0.125 e. The number of hydrogen-bond acceptors (Lipinski definition) is 3. The summed E-state index contributed by atoms with van der Waals surface area (Å²) in [5.41, 5.74) is 9.13. The number of aromatic nitrogens is 2. The van der Waals surface area contributed by atoms with Gasteiger partial charge in [0.15, 0.2) is 0 Å². The number of ether oxygens (including phenoxy) is 1. The summed E-state index contributed by atoms with van der Waals surface area (Å²) in [5.74, 6) is -0.323. The largest absolute Gasteiger partial charge is 0.384 e. The molecule has 0 saturated heterocycles. The number of hydrogen-bond donors (Lipinski definition) is 0. The molecule has 6 nitrogen and oxygen atoms in total. The van der Waals surface area contributed by atoms with Crippen LogP contribution >= 0.6 is 0 Å². The van der Waals surface area contributed by atoms with Gasteiger partial charge >= 0.3 is 0 Å². The Morgan fingerprint density at radius 3 is 3.17 bits per heavy atom. The van der Waals surface area contributed by atoms with Crippen molar-refractivity contribution in [1.82, 2.24) is 9.78 Å². The zero-order valence-corrected chi connectivity index (χ0v) is 9.82. The molecule has 2 rings (SSSR count). The number of nitrogens with zero attached hydrogens (tertiary/aromatic N) is 5. The lowest BCUT2D eigenvalue weighted by molar-refractivity contribution is 0.172. The molecule has 1 aromatic heterocycles. The summed E-state index contributed by atoms with van der Waals surface area (Å²) in [5, 5.41) is 8.61. The van der Waals surface area contributed by atoms with E-state index in [0.29, 0.717) is 18.7 Å². The van der Waals surface area contributed by atoms with Crippen molar-refractivity contribution in [2.75, 3.05) is 13.7 Å². The second-order valence-corrected chi connectivity index (χ2v) is 3.84. The van der Waals surface area contributed by atoms with Gasteiger partial charge < -0.3 is 4.74 Å². The third-order valence-electron chi connectivity index (χ3n) is 2.56. The van der Waals surface area contributed by atoms with E-state index in [1.54, 1.807) is 16.9 Å². The van der Waals surface area contributed by atoms with Crippen LogP contribution in [0.5, 0.6) is 0 Å². The van der Waals surface area contributed by atoms with Crippen LogP contribution in [0.3, 0.4) is 0 Å². The second-order valence-electron chi connectivity index (χ2n) is 3.84. The van der Waals surface area contributed by atoms with Crippen LogP contribution in [0.15, 0.2) is 29.5 Å². The number of azide groups is 1. The van der Waals surface area contributed by atoms with Gasteiger partial charge in [0.25, 0.3) is 0 Å². The highest BCUT2D eigenvalue weighted by Gasteiger charge is 2.10. The van der Waals surface area contributed by atoms with Crippen molar-refractivity contribution in [2.24, 2.45) is 5.11 Å². The van der Waals surface area contributed by atoms with Crippen molar-refractivity contribution in [1.29, 1.82) is 0 Å². The molecular formula is C11H12FN5O. The molecule has 1 unspecified atom stereocenters. The van der Waals surface area contributed by atoms with E-state index in [4.69, 9.17) is 10.3 Å². The van der Waals surface area contributed by atoms with E-state index in [-0.39, 0.29) is 11.9 Å². The topological polar surface area (TPSA) is 75.8 Å². The molecule has 18 heavy (non-hydrogen) atoms. The van der Waals surface area contributed by atoms with Crippen molar-refractivity contribution in [2.45, 2.75) is 12.6 Å². The normalized spacial score (nSPS) is 12.3. The minimum absolute atomic E-state index is 0.292. The fourth-order valence-corrected chi connectivity index (χ4v) is 1.78. The molecule has 1 heterocycles. The van der Waals surface area contributed by atoms with Crippen LogP contribution in [0.4, 0.5) is 4.39 Å². The van der Waals surface area contributed by atoms with Gasteiger partial charge in [0.2, 0.25) is 0 Å².